The average molecular weight is 334 g/mol. The number of benzene rings is 1. The maximum Gasteiger partial charge on any atom is 0.138 e. The molecule has 0 radical (unpaired) electrons. The monoisotopic (exact) mass is 334 g/mol. The second-order valence-corrected chi connectivity index (χ2v) is 7.31. The first-order chi connectivity index (χ1) is 12.3. The molecule has 2 bridgehead atoms. The van der Waals surface area contributed by atoms with Crippen LogP contribution in [0, 0.1) is 0 Å². The summed E-state index contributed by atoms with van der Waals surface area (Å²) in [6, 6.07) is 13.6. The number of rotatable bonds is 3. The molecular formula is C21H22N2O2. The molecule has 0 amide bonds. The van der Waals surface area contributed by atoms with Crippen LogP contribution >= 0.6 is 0 Å². The van der Waals surface area contributed by atoms with Crippen molar-refractivity contribution in [2.45, 2.75) is 43.9 Å². The van der Waals surface area contributed by atoms with Crippen molar-refractivity contribution < 1.29 is 9.15 Å². The summed E-state index contributed by atoms with van der Waals surface area (Å²) in [5.41, 5.74) is 2.96. The molecule has 2 saturated heterocycles. The Bertz CT molecular complexity index is 872. The van der Waals surface area contributed by atoms with Crippen LogP contribution < -0.4 is 4.74 Å². The quantitative estimate of drug-likeness (QED) is 0.707. The molecule has 5 rings (SSSR count). The standard InChI is InChI=1S/C21H22N2O2/c1-23-16-3-4-17(23)12-19(11-16)25-18-5-6-20(22-13-18)14-2-7-21-15(10-14)8-9-24-21/h2,5-10,13,16-17,19H,3-4,11-12H2,1H3/t16-,17+,19?. The lowest BCUT2D eigenvalue weighted by Gasteiger charge is -2.36. The van der Waals surface area contributed by atoms with Crippen LogP contribution in [0.2, 0.25) is 0 Å². The predicted octanol–water partition coefficient (Wildman–Crippen LogP) is 4.50. The Morgan fingerprint density at radius 2 is 1.92 bits per heavy atom. The molecule has 4 heterocycles. The van der Waals surface area contributed by atoms with Crippen molar-refractivity contribution in [2.24, 2.45) is 0 Å². The van der Waals surface area contributed by atoms with Crippen LogP contribution in [0.15, 0.2) is 53.3 Å². The van der Waals surface area contributed by atoms with Crippen LogP contribution in [0.3, 0.4) is 0 Å². The van der Waals surface area contributed by atoms with Crippen LogP contribution in [0.4, 0.5) is 0 Å². The van der Waals surface area contributed by atoms with Gasteiger partial charge < -0.3 is 14.1 Å². The largest absolute Gasteiger partial charge is 0.489 e. The number of piperidine rings is 1. The first-order valence-electron chi connectivity index (χ1n) is 9.08. The van der Waals surface area contributed by atoms with Gasteiger partial charge in [0.15, 0.2) is 0 Å². The molecule has 128 valence electrons. The van der Waals surface area contributed by atoms with Gasteiger partial charge in [-0.2, -0.15) is 0 Å². The highest BCUT2D eigenvalue weighted by Crippen LogP contribution is 2.36. The van der Waals surface area contributed by atoms with Gasteiger partial charge in [-0.15, -0.1) is 0 Å². The number of fused-ring (bicyclic) bond motifs is 3. The highest BCUT2D eigenvalue weighted by Gasteiger charge is 2.39. The molecule has 2 aliphatic heterocycles. The van der Waals surface area contributed by atoms with Crippen molar-refractivity contribution in [1.29, 1.82) is 0 Å². The zero-order valence-corrected chi connectivity index (χ0v) is 14.4. The fraction of sp³-hybridized carbons (Fsp3) is 0.381. The number of hydrogen-bond acceptors (Lipinski definition) is 4. The van der Waals surface area contributed by atoms with Crippen LogP contribution in [0.25, 0.3) is 22.2 Å². The predicted molar refractivity (Wildman–Crippen MR) is 97.7 cm³/mol. The summed E-state index contributed by atoms with van der Waals surface area (Å²) in [6.07, 6.45) is 8.79. The first-order valence-corrected chi connectivity index (χ1v) is 9.08. The highest BCUT2D eigenvalue weighted by atomic mass is 16.5. The minimum atomic E-state index is 0.323. The van der Waals surface area contributed by atoms with Gasteiger partial charge in [0.2, 0.25) is 0 Å². The van der Waals surface area contributed by atoms with Gasteiger partial charge in [0.05, 0.1) is 18.2 Å². The van der Waals surface area contributed by atoms with E-state index in [1.807, 2.05) is 36.5 Å². The lowest BCUT2D eigenvalue weighted by molar-refractivity contribution is 0.0659. The van der Waals surface area contributed by atoms with Crippen LogP contribution in [-0.2, 0) is 0 Å². The van der Waals surface area contributed by atoms with Crippen molar-refractivity contribution in [2.75, 3.05) is 7.05 Å². The average Bonchev–Trinajstić information content (AvgIpc) is 3.16. The van der Waals surface area contributed by atoms with E-state index in [1.165, 1.54) is 12.8 Å². The third-order valence-electron chi connectivity index (χ3n) is 5.84. The molecule has 1 aromatic carbocycles. The Morgan fingerprint density at radius 1 is 1.08 bits per heavy atom. The maximum atomic E-state index is 6.23. The van der Waals surface area contributed by atoms with Gasteiger partial charge in [0, 0.05) is 23.0 Å². The topological polar surface area (TPSA) is 38.5 Å². The van der Waals surface area contributed by atoms with Crippen molar-refractivity contribution in [1.82, 2.24) is 9.88 Å². The molecule has 2 fully saturated rings. The van der Waals surface area contributed by atoms with Crippen LogP contribution in [-0.4, -0.2) is 35.1 Å². The Labute approximate surface area is 147 Å². The summed E-state index contributed by atoms with van der Waals surface area (Å²) < 4.78 is 11.6. The van der Waals surface area contributed by atoms with E-state index in [1.54, 1.807) is 6.26 Å². The Kier molecular flexibility index (Phi) is 3.52. The van der Waals surface area contributed by atoms with E-state index < -0.39 is 0 Å². The minimum Gasteiger partial charge on any atom is -0.489 e. The Morgan fingerprint density at radius 3 is 2.68 bits per heavy atom. The second kappa shape index (κ2) is 5.88. The molecular weight excluding hydrogens is 312 g/mol. The molecule has 0 aliphatic carbocycles. The van der Waals surface area contributed by atoms with Gasteiger partial charge in [0.1, 0.15) is 17.4 Å². The summed E-state index contributed by atoms with van der Waals surface area (Å²) >= 11 is 0. The second-order valence-electron chi connectivity index (χ2n) is 7.31. The molecule has 3 aromatic rings. The van der Waals surface area contributed by atoms with Gasteiger partial charge >= 0.3 is 0 Å². The van der Waals surface area contributed by atoms with Gasteiger partial charge in [-0.1, -0.05) is 0 Å². The lowest BCUT2D eigenvalue weighted by Crippen LogP contribution is -2.43. The smallest absolute Gasteiger partial charge is 0.138 e. The third-order valence-corrected chi connectivity index (χ3v) is 5.84. The Hall–Kier alpha value is -2.33. The third kappa shape index (κ3) is 2.71. The van der Waals surface area contributed by atoms with Crippen molar-refractivity contribution >= 4 is 11.0 Å². The molecule has 25 heavy (non-hydrogen) atoms. The van der Waals surface area contributed by atoms with Crippen LogP contribution in [0.1, 0.15) is 25.7 Å². The molecule has 0 N–H and O–H groups in total. The maximum absolute atomic E-state index is 6.23. The Balaban J connectivity index is 1.31. The normalized spacial score (nSPS) is 26.2. The highest BCUT2D eigenvalue weighted by molar-refractivity contribution is 5.82. The lowest BCUT2D eigenvalue weighted by atomic mass is 10.0. The summed E-state index contributed by atoms with van der Waals surface area (Å²) in [7, 11) is 2.26. The molecule has 0 saturated carbocycles. The summed E-state index contributed by atoms with van der Waals surface area (Å²) in [5, 5.41) is 1.10. The molecule has 4 heteroatoms. The fourth-order valence-electron chi connectivity index (χ4n) is 4.40. The fourth-order valence-corrected chi connectivity index (χ4v) is 4.40. The van der Waals surface area contributed by atoms with Crippen molar-refractivity contribution in [3.05, 3.63) is 48.9 Å². The van der Waals surface area contributed by atoms with Gasteiger partial charge in [-0.25, -0.2) is 0 Å². The zero-order valence-electron chi connectivity index (χ0n) is 14.4. The summed E-state index contributed by atoms with van der Waals surface area (Å²) in [5.74, 6) is 0.877. The van der Waals surface area contributed by atoms with E-state index >= 15 is 0 Å². The van der Waals surface area contributed by atoms with E-state index in [0.717, 1.165) is 40.8 Å². The first kappa shape index (κ1) is 15.0. The van der Waals surface area contributed by atoms with Gasteiger partial charge in [0.25, 0.3) is 0 Å². The van der Waals surface area contributed by atoms with E-state index in [-0.39, 0.29) is 0 Å². The molecule has 3 atom stereocenters. The van der Waals surface area contributed by atoms with E-state index in [4.69, 9.17) is 9.15 Å². The van der Waals surface area contributed by atoms with Gasteiger partial charge in [-0.05, 0) is 69.1 Å². The molecule has 2 aromatic heterocycles. The number of ether oxygens (including phenoxy) is 1. The number of hydrogen-bond donors (Lipinski definition) is 0. The molecule has 0 spiro atoms. The number of nitrogens with zero attached hydrogens (tertiary/aromatic N) is 2. The minimum absolute atomic E-state index is 0.323. The van der Waals surface area contributed by atoms with Gasteiger partial charge in [-0.3, -0.25) is 4.98 Å². The SMILES string of the molecule is CN1[C@@H]2CC[C@H]1CC(Oc1ccc(-c3ccc4occc4c3)nc1)C2. The number of furan rings is 1. The summed E-state index contributed by atoms with van der Waals surface area (Å²) in [6.45, 7) is 0. The molecule has 4 nitrogen and oxygen atoms in total. The van der Waals surface area contributed by atoms with Crippen LogP contribution in [0.5, 0.6) is 5.75 Å². The number of aromatic nitrogens is 1. The zero-order chi connectivity index (χ0) is 16.8. The van der Waals surface area contributed by atoms with Crippen molar-refractivity contribution in [3.63, 3.8) is 0 Å². The molecule has 2 aliphatic rings. The summed E-state index contributed by atoms with van der Waals surface area (Å²) in [4.78, 5) is 7.14. The van der Waals surface area contributed by atoms with E-state index in [2.05, 4.69) is 23.0 Å². The van der Waals surface area contributed by atoms with Crippen molar-refractivity contribution in [3.8, 4) is 17.0 Å². The van der Waals surface area contributed by atoms with E-state index in [9.17, 15) is 0 Å². The molecule has 1 unspecified atom stereocenters. The van der Waals surface area contributed by atoms with E-state index in [0.29, 0.717) is 18.2 Å². The number of pyridine rings is 1.